The Morgan fingerprint density at radius 3 is 2.82 bits per heavy atom. The van der Waals surface area contributed by atoms with E-state index in [1.54, 1.807) is 0 Å². The van der Waals surface area contributed by atoms with Crippen molar-refractivity contribution in [2.45, 2.75) is 12.8 Å². The Bertz CT molecular complexity index is 478. The van der Waals surface area contributed by atoms with Crippen molar-refractivity contribution in [2.24, 2.45) is 0 Å². The Morgan fingerprint density at radius 2 is 2.18 bits per heavy atom. The SMILES string of the molecule is COC(=O)c1cc(C(=O)[OH2+])cc2c1CCCO2. The van der Waals surface area contributed by atoms with Gasteiger partial charge < -0.3 is 14.6 Å². The number of carbonyl (C=O) groups excluding carboxylic acids is 2. The van der Waals surface area contributed by atoms with E-state index in [0.717, 1.165) is 12.0 Å². The van der Waals surface area contributed by atoms with Crippen LogP contribution in [0, 0.1) is 0 Å². The third-order valence-electron chi connectivity index (χ3n) is 2.71. The minimum atomic E-state index is -0.841. The minimum Gasteiger partial charge on any atom is -0.561 e. The van der Waals surface area contributed by atoms with Gasteiger partial charge in [0.25, 0.3) is 0 Å². The summed E-state index contributed by atoms with van der Waals surface area (Å²) in [7, 11) is 1.29. The van der Waals surface area contributed by atoms with Gasteiger partial charge in [-0.05, 0) is 18.9 Å². The average Bonchev–Trinajstić information content (AvgIpc) is 2.36. The first kappa shape index (κ1) is 11.4. The number of esters is 1. The van der Waals surface area contributed by atoms with Crippen molar-refractivity contribution in [3.63, 3.8) is 0 Å². The summed E-state index contributed by atoms with van der Waals surface area (Å²) < 4.78 is 10.1. The molecule has 0 aliphatic carbocycles. The number of benzene rings is 1. The maximum Gasteiger partial charge on any atom is 0.549 e. The monoisotopic (exact) mass is 237 g/mol. The van der Waals surface area contributed by atoms with Crippen LogP contribution in [0.5, 0.6) is 5.75 Å². The summed E-state index contributed by atoms with van der Waals surface area (Å²) in [5.41, 5.74) is 1.22. The quantitative estimate of drug-likeness (QED) is 0.559. The van der Waals surface area contributed by atoms with Crippen LogP contribution in [0.2, 0.25) is 0 Å². The van der Waals surface area contributed by atoms with Crippen molar-refractivity contribution in [3.05, 3.63) is 28.8 Å². The second kappa shape index (κ2) is 4.45. The van der Waals surface area contributed by atoms with Crippen LogP contribution in [-0.2, 0) is 11.2 Å². The molecule has 1 aliphatic heterocycles. The number of hydrogen-bond donors (Lipinski definition) is 0. The van der Waals surface area contributed by atoms with Crippen LogP contribution in [0.25, 0.3) is 0 Å². The summed E-state index contributed by atoms with van der Waals surface area (Å²) in [6.45, 7) is 0.559. The molecule has 0 atom stereocenters. The molecule has 0 saturated heterocycles. The van der Waals surface area contributed by atoms with Gasteiger partial charge in [-0.25, -0.2) is 4.79 Å². The molecular formula is C12H13O5+. The standard InChI is InChI=1S/C12H12O5/c1-16-12(15)9-5-7(11(13)14)6-10-8(9)3-2-4-17-10/h5-6H,2-4H2,1H3,(H,13,14)/p+1. The summed E-state index contributed by atoms with van der Waals surface area (Å²) >= 11 is 0. The predicted octanol–water partition coefficient (Wildman–Crippen LogP) is 0.663. The van der Waals surface area contributed by atoms with Gasteiger partial charge in [0.2, 0.25) is 0 Å². The Morgan fingerprint density at radius 1 is 1.41 bits per heavy atom. The minimum absolute atomic E-state index is 0.144. The number of methoxy groups -OCH3 is 1. The summed E-state index contributed by atoms with van der Waals surface area (Å²) in [5, 5.41) is 7.08. The lowest BCUT2D eigenvalue weighted by Crippen LogP contribution is -2.15. The number of carbonyl (C=O) groups is 2. The van der Waals surface area contributed by atoms with Crippen molar-refractivity contribution in [3.8, 4) is 5.75 Å². The van der Waals surface area contributed by atoms with Crippen LogP contribution in [0.4, 0.5) is 0 Å². The first-order valence-electron chi connectivity index (χ1n) is 5.27. The molecule has 2 rings (SSSR count). The largest absolute Gasteiger partial charge is 0.561 e. The Kier molecular flexibility index (Phi) is 2.99. The second-order valence-electron chi connectivity index (χ2n) is 3.77. The van der Waals surface area contributed by atoms with Crippen molar-refractivity contribution in [1.82, 2.24) is 0 Å². The normalized spacial score (nSPS) is 13.5. The fraction of sp³-hybridized carbons (Fsp3) is 0.333. The zero-order chi connectivity index (χ0) is 12.4. The molecule has 0 bridgehead atoms. The van der Waals surface area contributed by atoms with E-state index < -0.39 is 11.9 Å². The first-order chi connectivity index (χ1) is 8.13. The highest BCUT2D eigenvalue weighted by atomic mass is 16.5. The molecule has 1 heterocycles. The van der Waals surface area contributed by atoms with E-state index in [1.165, 1.54) is 19.2 Å². The molecule has 17 heavy (non-hydrogen) atoms. The van der Waals surface area contributed by atoms with E-state index in [1.807, 2.05) is 0 Å². The molecule has 1 aromatic carbocycles. The molecule has 0 radical (unpaired) electrons. The summed E-state index contributed by atoms with van der Waals surface area (Å²) in [6.07, 6.45) is 1.54. The number of fused-ring (bicyclic) bond motifs is 1. The number of ether oxygens (including phenoxy) is 2. The van der Waals surface area contributed by atoms with E-state index >= 15 is 0 Å². The van der Waals surface area contributed by atoms with Gasteiger partial charge in [0.05, 0.1) is 19.3 Å². The van der Waals surface area contributed by atoms with Crippen LogP contribution in [0.15, 0.2) is 12.1 Å². The molecule has 0 fully saturated rings. The van der Waals surface area contributed by atoms with Gasteiger partial charge in [0.15, 0.2) is 0 Å². The highest BCUT2D eigenvalue weighted by Gasteiger charge is 2.24. The Balaban J connectivity index is 2.58. The molecule has 1 aromatic rings. The molecule has 5 heteroatoms. The maximum absolute atomic E-state index is 11.6. The topological polar surface area (TPSA) is 75.5 Å². The molecule has 1 aliphatic rings. The third kappa shape index (κ3) is 2.08. The predicted molar refractivity (Wildman–Crippen MR) is 59.5 cm³/mol. The van der Waals surface area contributed by atoms with E-state index in [-0.39, 0.29) is 5.56 Å². The van der Waals surface area contributed by atoms with Crippen LogP contribution >= 0.6 is 0 Å². The molecule has 0 aromatic heterocycles. The second-order valence-corrected chi connectivity index (χ2v) is 3.77. The number of rotatable bonds is 2. The van der Waals surface area contributed by atoms with Crippen LogP contribution < -0.4 is 4.74 Å². The third-order valence-corrected chi connectivity index (χ3v) is 2.71. The summed E-state index contributed by atoms with van der Waals surface area (Å²) in [5.74, 6) is -0.836. The zero-order valence-corrected chi connectivity index (χ0v) is 9.41. The Labute approximate surface area is 98.0 Å². The lowest BCUT2D eigenvalue weighted by molar-refractivity contribution is 0.0598. The molecule has 0 saturated carbocycles. The highest BCUT2D eigenvalue weighted by molar-refractivity contribution is 5.96. The van der Waals surface area contributed by atoms with Gasteiger partial charge in [0.1, 0.15) is 11.3 Å². The van der Waals surface area contributed by atoms with Crippen molar-refractivity contribution < 1.29 is 24.2 Å². The van der Waals surface area contributed by atoms with Gasteiger partial charge in [-0.2, -0.15) is 0 Å². The molecule has 0 amide bonds. The summed E-state index contributed by atoms with van der Waals surface area (Å²) in [6, 6.07) is 2.91. The van der Waals surface area contributed by atoms with Gasteiger partial charge in [-0.3, -0.25) is 0 Å². The fourth-order valence-corrected chi connectivity index (χ4v) is 1.89. The average molecular weight is 237 g/mol. The molecule has 2 N–H and O–H groups in total. The lowest BCUT2D eigenvalue weighted by atomic mass is 9.97. The van der Waals surface area contributed by atoms with E-state index in [9.17, 15) is 9.59 Å². The number of hydrogen-bond acceptors (Lipinski definition) is 4. The molecule has 0 unspecified atom stereocenters. The van der Waals surface area contributed by atoms with Gasteiger partial charge in [-0.15, -0.1) is 0 Å². The molecule has 0 spiro atoms. The molecular weight excluding hydrogens is 224 g/mol. The zero-order valence-electron chi connectivity index (χ0n) is 9.41. The van der Waals surface area contributed by atoms with Gasteiger partial charge in [-0.1, -0.05) is 0 Å². The Hall–Kier alpha value is -2.04. The van der Waals surface area contributed by atoms with Crippen LogP contribution in [-0.4, -0.2) is 30.8 Å². The fourth-order valence-electron chi connectivity index (χ4n) is 1.89. The van der Waals surface area contributed by atoms with E-state index in [4.69, 9.17) is 9.84 Å². The van der Waals surface area contributed by atoms with Crippen molar-refractivity contribution in [1.29, 1.82) is 0 Å². The van der Waals surface area contributed by atoms with Crippen molar-refractivity contribution in [2.75, 3.05) is 13.7 Å². The van der Waals surface area contributed by atoms with E-state index in [0.29, 0.717) is 24.3 Å². The van der Waals surface area contributed by atoms with Crippen molar-refractivity contribution >= 4 is 11.9 Å². The molecule has 90 valence electrons. The van der Waals surface area contributed by atoms with E-state index in [2.05, 4.69) is 4.74 Å². The smallest absolute Gasteiger partial charge is 0.549 e. The summed E-state index contributed by atoms with van der Waals surface area (Å²) in [4.78, 5) is 22.7. The van der Waals surface area contributed by atoms with Gasteiger partial charge in [0, 0.05) is 16.4 Å². The maximum atomic E-state index is 11.6. The van der Waals surface area contributed by atoms with Gasteiger partial charge >= 0.3 is 11.9 Å². The van der Waals surface area contributed by atoms with Crippen LogP contribution in [0.1, 0.15) is 32.7 Å². The van der Waals surface area contributed by atoms with Crippen LogP contribution in [0.3, 0.4) is 0 Å². The lowest BCUT2D eigenvalue weighted by Gasteiger charge is -2.19. The highest BCUT2D eigenvalue weighted by Crippen LogP contribution is 2.30. The molecule has 5 nitrogen and oxygen atoms in total. The first-order valence-corrected chi connectivity index (χ1v) is 5.27.